The zero-order chi connectivity index (χ0) is 20.9. The van der Waals surface area contributed by atoms with Gasteiger partial charge in [0.15, 0.2) is 18.1 Å². The van der Waals surface area contributed by atoms with Gasteiger partial charge in [-0.3, -0.25) is 9.50 Å². The third-order valence-electron chi connectivity index (χ3n) is 5.39. The van der Waals surface area contributed by atoms with Crippen molar-refractivity contribution in [2.45, 2.75) is 50.6 Å². The van der Waals surface area contributed by atoms with Gasteiger partial charge in [-0.05, 0) is 32.8 Å². The summed E-state index contributed by atoms with van der Waals surface area (Å²) in [6.07, 6.45) is 1.30. The molecule has 30 heavy (non-hydrogen) atoms. The molecule has 158 valence electrons. The lowest BCUT2D eigenvalue weighted by atomic mass is 10.1. The van der Waals surface area contributed by atoms with Gasteiger partial charge in [-0.15, -0.1) is 0 Å². The van der Waals surface area contributed by atoms with Crippen molar-refractivity contribution < 1.29 is 18.7 Å². The Bertz CT molecular complexity index is 1090. The van der Waals surface area contributed by atoms with Crippen LogP contribution in [-0.4, -0.2) is 55.1 Å². The van der Waals surface area contributed by atoms with Crippen LogP contribution >= 0.6 is 0 Å². The molecule has 0 bridgehead atoms. The van der Waals surface area contributed by atoms with Gasteiger partial charge in [-0.2, -0.15) is 5.10 Å². The first-order chi connectivity index (χ1) is 14.4. The van der Waals surface area contributed by atoms with Gasteiger partial charge in [0.25, 0.3) is 0 Å². The van der Waals surface area contributed by atoms with Gasteiger partial charge in [0.05, 0.1) is 18.0 Å². The van der Waals surface area contributed by atoms with E-state index in [-0.39, 0.29) is 12.1 Å². The molecule has 4 heterocycles. The van der Waals surface area contributed by atoms with Crippen molar-refractivity contribution in [2.24, 2.45) is 0 Å². The Hall–Kier alpha value is -3.21. The largest absolute Gasteiger partial charge is 0.441 e. The standard InChI is InChI=1S/C19H22FN7O3/c1-10-8-27-14(22-10)3-6-21-17(27)23-13-7-11(25-26-13)16-15(20)12(9-29-16)30-18(28)24-19(2)4-5-19/h3,6-8,12,15-16H,4-5,9H2,1-2H3,(H,24,28)(H2,21,23,25,26)/t12-,15-,16-/m1/s1. The van der Waals surface area contributed by atoms with Crippen LogP contribution < -0.4 is 10.6 Å². The van der Waals surface area contributed by atoms with Crippen molar-refractivity contribution in [3.63, 3.8) is 0 Å². The summed E-state index contributed by atoms with van der Waals surface area (Å²) in [5.41, 5.74) is 1.83. The van der Waals surface area contributed by atoms with Crippen molar-refractivity contribution in [3.05, 3.63) is 35.9 Å². The topological polar surface area (TPSA) is 118 Å². The summed E-state index contributed by atoms with van der Waals surface area (Å²) in [4.78, 5) is 20.7. The highest BCUT2D eigenvalue weighted by atomic mass is 19.1. The first kappa shape index (κ1) is 18.8. The molecule has 2 fully saturated rings. The molecule has 0 aromatic carbocycles. The number of nitrogens with one attached hydrogen (secondary N) is 3. The average Bonchev–Trinajstić information content (AvgIpc) is 3.03. The van der Waals surface area contributed by atoms with E-state index in [9.17, 15) is 9.18 Å². The van der Waals surface area contributed by atoms with E-state index in [0.717, 1.165) is 24.2 Å². The molecule has 0 unspecified atom stereocenters. The van der Waals surface area contributed by atoms with E-state index >= 15 is 0 Å². The van der Waals surface area contributed by atoms with Crippen LogP contribution in [0.2, 0.25) is 0 Å². The number of imidazole rings is 1. The maximum absolute atomic E-state index is 14.9. The number of aromatic amines is 1. The predicted octanol–water partition coefficient (Wildman–Crippen LogP) is 2.56. The van der Waals surface area contributed by atoms with Crippen LogP contribution in [0.1, 0.15) is 37.3 Å². The number of carbonyl (C=O) groups excluding carboxylic acids is 1. The van der Waals surface area contributed by atoms with Gasteiger partial charge in [-0.1, -0.05) is 0 Å². The Morgan fingerprint density at radius 2 is 2.30 bits per heavy atom. The van der Waals surface area contributed by atoms with Crippen molar-refractivity contribution in [1.82, 2.24) is 29.9 Å². The molecular formula is C19H22FN7O3. The number of hydrogen-bond donors (Lipinski definition) is 3. The maximum atomic E-state index is 14.9. The molecular weight excluding hydrogens is 393 g/mol. The minimum atomic E-state index is -1.51. The van der Waals surface area contributed by atoms with E-state index < -0.39 is 24.5 Å². The number of aryl methyl sites for hydroxylation is 1. The molecule has 1 saturated carbocycles. The van der Waals surface area contributed by atoms with Crippen molar-refractivity contribution in [1.29, 1.82) is 0 Å². The van der Waals surface area contributed by atoms with E-state index in [0.29, 0.717) is 17.5 Å². The highest BCUT2D eigenvalue weighted by Gasteiger charge is 2.44. The first-order valence-corrected chi connectivity index (χ1v) is 9.78. The summed E-state index contributed by atoms with van der Waals surface area (Å²) in [7, 11) is 0. The minimum Gasteiger partial charge on any atom is -0.441 e. The molecule has 3 aromatic heterocycles. The molecule has 5 rings (SSSR count). The number of rotatable bonds is 5. The van der Waals surface area contributed by atoms with Crippen LogP contribution in [0.4, 0.5) is 21.0 Å². The molecule has 1 aliphatic carbocycles. The minimum absolute atomic E-state index is 0.0209. The number of halogens is 1. The number of fused-ring (bicyclic) bond motifs is 1. The number of carbonyl (C=O) groups is 1. The smallest absolute Gasteiger partial charge is 0.408 e. The molecule has 1 saturated heterocycles. The van der Waals surface area contributed by atoms with E-state index in [2.05, 4.69) is 30.8 Å². The fourth-order valence-corrected chi connectivity index (χ4v) is 3.46. The third kappa shape index (κ3) is 3.56. The predicted molar refractivity (Wildman–Crippen MR) is 104 cm³/mol. The highest BCUT2D eigenvalue weighted by Crippen LogP contribution is 2.36. The summed E-state index contributed by atoms with van der Waals surface area (Å²) >= 11 is 0. The van der Waals surface area contributed by atoms with Gasteiger partial charge < -0.3 is 20.1 Å². The van der Waals surface area contributed by atoms with Crippen LogP contribution in [0.3, 0.4) is 0 Å². The monoisotopic (exact) mass is 415 g/mol. The quantitative estimate of drug-likeness (QED) is 0.586. The zero-order valence-electron chi connectivity index (χ0n) is 16.6. The van der Waals surface area contributed by atoms with Crippen LogP contribution in [-0.2, 0) is 9.47 Å². The number of nitrogens with zero attached hydrogens (tertiary/aromatic N) is 4. The van der Waals surface area contributed by atoms with Gasteiger partial charge in [0, 0.05) is 24.0 Å². The molecule has 10 nitrogen and oxygen atoms in total. The normalized spacial score (nSPS) is 24.7. The molecule has 0 radical (unpaired) electrons. The number of alkyl carbamates (subject to hydrolysis) is 1. The Balaban J connectivity index is 1.25. The second-order valence-corrected chi connectivity index (χ2v) is 8.04. The summed E-state index contributed by atoms with van der Waals surface area (Å²) in [6, 6.07) is 3.45. The second kappa shape index (κ2) is 6.94. The van der Waals surface area contributed by atoms with Crippen LogP contribution in [0.15, 0.2) is 24.5 Å². The number of alkyl halides is 1. The Labute approximate surface area is 171 Å². The second-order valence-electron chi connectivity index (χ2n) is 8.04. The van der Waals surface area contributed by atoms with Gasteiger partial charge in [0.1, 0.15) is 11.8 Å². The van der Waals surface area contributed by atoms with E-state index in [1.54, 1.807) is 22.7 Å². The first-order valence-electron chi connectivity index (χ1n) is 9.78. The molecule has 1 aliphatic heterocycles. The molecule has 0 spiro atoms. The van der Waals surface area contributed by atoms with Crippen LogP contribution in [0.25, 0.3) is 5.65 Å². The van der Waals surface area contributed by atoms with Gasteiger partial charge in [-0.25, -0.2) is 19.2 Å². The fraction of sp³-hybridized carbons (Fsp3) is 0.474. The van der Waals surface area contributed by atoms with Crippen molar-refractivity contribution >= 4 is 23.5 Å². The van der Waals surface area contributed by atoms with E-state index in [4.69, 9.17) is 9.47 Å². The lowest BCUT2D eigenvalue weighted by molar-refractivity contribution is 0.0604. The number of ether oxygens (including phenoxy) is 2. The molecule has 11 heteroatoms. The maximum Gasteiger partial charge on any atom is 0.408 e. The van der Waals surface area contributed by atoms with Crippen molar-refractivity contribution in [3.8, 4) is 0 Å². The lowest BCUT2D eigenvalue weighted by Gasteiger charge is -2.17. The SMILES string of the molecule is Cc1cn2c(Nc3cc([C@H]4OC[C@@H](OC(=O)NC5(C)CC5)[C@H]4F)[nH]n3)nccc2n1. The Morgan fingerprint density at radius 1 is 1.47 bits per heavy atom. The van der Waals surface area contributed by atoms with Gasteiger partial charge >= 0.3 is 6.09 Å². The van der Waals surface area contributed by atoms with E-state index in [1.807, 2.05) is 20.0 Å². The Morgan fingerprint density at radius 3 is 3.10 bits per heavy atom. The summed E-state index contributed by atoms with van der Waals surface area (Å²) in [5, 5.41) is 12.8. The van der Waals surface area contributed by atoms with Crippen LogP contribution in [0.5, 0.6) is 0 Å². The number of H-pyrrole nitrogens is 1. The zero-order valence-corrected chi connectivity index (χ0v) is 16.6. The molecule has 3 aromatic rings. The van der Waals surface area contributed by atoms with Crippen molar-refractivity contribution in [2.75, 3.05) is 11.9 Å². The molecule has 1 amide bonds. The Kier molecular flexibility index (Phi) is 4.35. The van der Waals surface area contributed by atoms with Gasteiger partial charge in [0.2, 0.25) is 5.95 Å². The highest BCUT2D eigenvalue weighted by molar-refractivity contribution is 5.69. The summed E-state index contributed by atoms with van der Waals surface area (Å²) in [5.74, 6) is 0.984. The fourth-order valence-electron chi connectivity index (χ4n) is 3.46. The summed E-state index contributed by atoms with van der Waals surface area (Å²) in [6.45, 7) is 3.80. The number of hydrogen-bond acceptors (Lipinski definition) is 7. The molecule has 3 N–H and O–H groups in total. The van der Waals surface area contributed by atoms with Crippen LogP contribution in [0, 0.1) is 6.92 Å². The number of aromatic nitrogens is 5. The average molecular weight is 415 g/mol. The third-order valence-corrected chi connectivity index (χ3v) is 5.39. The number of anilines is 2. The molecule has 2 aliphatic rings. The summed E-state index contributed by atoms with van der Waals surface area (Å²) < 4.78 is 27.4. The molecule has 3 atom stereocenters. The lowest BCUT2D eigenvalue weighted by Crippen LogP contribution is -2.39. The van der Waals surface area contributed by atoms with E-state index in [1.165, 1.54) is 0 Å². The number of amides is 1.